The van der Waals surface area contributed by atoms with Gasteiger partial charge in [-0.1, -0.05) is 66.2 Å². The summed E-state index contributed by atoms with van der Waals surface area (Å²) in [6.07, 6.45) is 3.63. The Bertz CT molecular complexity index is 1530. The average molecular weight is 678 g/mol. The maximum Gasteiger partial charge on any atom is 0.313 e. The molecule has 0 aromatic heterocycles. The maximum absolute atomic E-state index is 14.7. The largest absolute Gasteiger partial charge is 0.455 e. The van der Waals surface area contributed by atoms with Gasteiger partial charge in [0.1, 0.15) is 17.7 Å². The molecule has 2 bridgehead atoms. The number of aryl methyl sites for hydroxylation is 1. The summed E-state index contributed by atoms with van der Waals surface area (Å²) in [6, 6.07) is 12.8. The number of nitrogens with zero attached hydrogens (tertiary/aromatic N) is 2. The number of amides is 3. The number of carbonyl (C=O) groups is 4. The van der Waals surface area contributed by atoms with Crippen LogP contribution in [-0.4, -0.2) is 77.2 Å². The molecule has 0 unspecified atom stereocenters. The van der Waals surface area contributed by atoms with Crippen molar-refractivity contribution in [2.45, 2.75) is 75.8 Å². The number of hydrogen-bond donors (Lipinski definition) is 2. The number of hydrogen-bond acceptors (Lipinski definition) is 7. The summed E-state index contributed by atoms with van der Waals surface area (Å²) in [7, 11) is 0. The smallest absolute Gasteiger partial charge is 0.313 e. The highest BCUT2D eigenvalue weighted by Gasteiger charge is 2.75. The van der Waals surface area contributed by atoms with Crippen LogP contribution in [0.2, 0.25) is 5.02 Å². The third kappa shape index (κ3) is 6.53. The van der Waals surface area contributed by atoms with E-state index in [9.17, 15) is 24.3 Å². The number of rotatable bonds is 15. The molecule has 3 aliphatic heterocycles. The molecular weight excluding hydrogens is 634 g/mol. The molecule has 48 heavy (non-hydrogen) atoms. The van der Waals surface area contributed by atoms with Gasteiger partial charge in [0.2, 0.25) is 11.8 Å². The zero-order chi connectivity index (χ0) is 34.6. The number of nitrogens with one attached hydrogen (secondary N) is 1. The van der Waals surface area contributed by atoms with Crippen molar-refractivity contribution in [2.75, 3.05) is 24.6 Å². The van der Waals surface area contributed by atoms with Crippen molar-refractivity contribution in [3.05, 3.63) is 90.0 Å². The highest BCUT2D eigenvalue weighted by molar-refractivity contribution is 6.34. The molecule has 3 heterocycles. The van der Waals surface area contributed by atoms with E-state index in [0.29, 0.717) is 35.5 Å². The van der Waals surface area contributed by atoms with Crippen LogP contribution in [0.3, 0.4) is 0 Å². The number of ether oxygens (including phenoxy) is 2. The molecule has 3 aliphatic rings. The molecule has 0 aliphatic carbocycles. The lowest BCUT2D eigenvalue weighted by atomic mass is 9.70. The molecule has 1 spiro atoms. The van der Waals surface area contributed by atoms with Gasteiger partial charge in [-0.3, -0.25) is 19.2 Å². The van der Waals surface area contributed by atoms with Crippen molar-refractivity contribution in [1.29, 1.82) is 0 Å². The third-order valence-electron chi connectivity index (χ3n) is 9.69. The van der Waals surface area contributed by atoms with Crippen LogP contribution in [0.25, 0.3) is 0 Å². The second-order valence-corrected chi connectivity index (χ2v) is 13.2. The number of aliphatic hydroxyl groups excluding tert-OH is 1. The van der Waals surface area contributed by atoms with Gasteiger partial charge >= 0.3 is 5.97 Å². The number of likely N-dealkylation sites (tertiary alicyclic amines) is 1. The van der Waals surface area contributed by atoms with Crippen molar-refractivity contribution in [1.82, 2.24) is 10.2 Å². The number of esters is 1. The van der Waals surface area contributed by atoms with Crippen LogP contribution in [0, 0.1) is 18.8 Å². The van der Waals surface area contributed by atoms with Gasteiger partial charge in [-0.15, -0.1) is 13.2 Å². The summed E-state index contributed by atoms with van der Waals surface area (Å²) in [5.41, 5.74) is 0.691. The number of anilines is 1. The first-order valence-corrected chi connectivity index (χ1v) is 16.9. The average Bonchev–Trinajstić information content (AvgIpc) is 3.72. The van der Waals surface area contributed by atoms with Gasteiger partial charge in [0.25, 0.3) is 5.91 Å². The van der Waals surface area contributed by atoms with Crippen molar-refractivity contribution < 1.29 is 33.8 Å². The monoisotopic (exact) mass is 677 g/mol. The van der Waals surface area contributed by atoms with Gasteiger partial charge in [-0.25, -0.2) is 0 Å². The van der Waals surface area contributed by atoms with E-state index >= 15 is 0 Å². The Balaban J connectivity index is 1.48. The molecule has 256 valence electrons. The van der Waals surface area contributed by atoms with E-state index < -0.39 is 53.6 Å². The molecule has 3 fully saturated rings. The Morgan fingerprint density at radius 1 is 1.19 bits per heavy atom. The van der Waals surface area contributed by atoms with Crippen LogP contribution < -0.4 is 10.2 Å². The lowest BCUT2D eigenvalue weighted by Gasteiger charge is -2.37. The summed E-state index contributed by atoms with van der Waals surface area (Å²) in [5, 5.41) is 13.0. The highest BCUT2D eigenvalue weighted by Crippen LogP contribution is 2.59. The normalized spacial score (nSPS) is 25.2. The SMILES string of the molecule is C=CCCC(=O)N[C@@H](C)[C@H](OC(=O)[C@@H]1[C@H]2C(=O)N(CCCO)[C@H](C(=O)N(CC=C)c3c(C)cccc3Cl)[C@]23CC[C@H]1O3)c1ccccc1. The van der Waals surface area contributed by atoms with Crippen LogP contribution in [0.1, 0.15) is 56.3 Å². The maximum atomic E-state index is 14.7. The lowest BCUT2D eigenvalue weighted by Crippen LogP contribution is -2.56. The number of fused-ring (bicyclic) bond motifs is 1. The van der Waals surface area contributed by atoms with Crippen molar-refractivity contribution in [2.24, 2.45) is 11.8 Å². The number of allylic oxidation sites excluding steroid dienone is 1. The summed E-state index contributed by atoms with van der Waals surface area (Å²) >= 11 is 6.63. The van der Waals surface area contributed by atoms with Gasteiger partial charge in [0.15, 0.2) is 0 Å². The van der Waals surface area contributed by atoms with E-state index in [-0.39, 0.29) is 44.4 Å². The predicted octanol–water partition coefficient (Wildman–Crippen LogP) is 4.68. The summed E-state index contributed by atoms with van der Waals surface area (Å²) in [6.45, 7) is 11.2. The van der Waals surface area contributed by atoms with Crippen molar-refractivity contribution >= 4 is 41.0 Å². The number of benzene rings is 2. The fraction of sp³-hybridized carbons (Fsp3) is 0.459. The van der Waals surface area contributed by atoms with Gasteiger partial charge < -0.3 is 29.7 Å². The minimum absolute atomic E-state index is 0.101. The Hall–Kier alpha value is -3.99. The van der Waals surface area contributed by atoms with Crippen LogP contribution in [-0.2, 0) is 28.7 Å². The quantitative estimate of drug-likeness (QED) is 0.207. The van der Waals surface area contributed by atoms with E-state index in [1.165, 1.54) is 9.80 Å². The van der Waals surface area contributed by atoms with Crippen LogP contribution in [0.5, 0.6) is 0 Å². The summed E-state index contributed by atoms with van der Waals surface area (Å²) < 4.78 is 12.8. The molecule has 11 heteroatoms. The van der Waals surface area contributed by atoms with E-state index in [4.69, 9.17) is 21.1 Å². The van der Waals surface area contributed by atoms with E-state index in [2.05, 4.69) is 18.5 Å². The summed E-state index contributed by atoms with van der Waals surface area (Å²) in [5.74, 6) is -3.55. The lowest BCUT2D eigenvalue weighted by molar-refractivity contribution is -0.162. The number of aliphatic hydroxyl groups is 1. The van der Waals surface area contributed by atoms with Gasteiger partial charge in [0.05, 0.1) is 34.7 Å². The Morgan fingerprint density at radius 3 is 2.60 bits per heavy atom. The molecule has 3 amide bonds. The molecular formula is C37H44ClN3O7. The van der Waals surface area contributed by atoms with Crippen LogP contribution in [0.15, 0.2) is 73.8 Å². The molecule has 5 rings (SSSR count). The minimum Gasteiger partial charge on any atom is -0.455 e. The zero-order valence-electron chi connectivity index (χ0n) is 27.5. The van der Waals surface area contributed by atoms with Crippen LogP contribution >= 0.6 is 11.6 Å². The van der Waals surface area contributed by atoms with Crippen LogP contribution in [0.4, 0.5) is 5.69 Å². The molecule has 2 aromatic carbocycles. The highest BCUT2D eigenvalue weighted by atomic mass is 35.5. The Labute approximate surface area is 286 Å². The van der Waals surface area contributed by atoms with E-state index in [0.717, 1.165) is 5.56 Å². The first-order chi connectivity index (χ1) is 23.1. The Kier molecular flexibility index (Phi) is 11.1. The molecule has 3 saturated heterocycles. The number of carbonyl (C=O) groups excluding carboxylic acids is 4. The predicted molar refractivity (Wildman–Crippen MR) is 182 cm³/mol. The third-order valence-corrected chi connectivity index (χ3v) is 9.99. The molecule has 2 aromatic rings. The molecule has 7 atom stereocenters. The Morgan fingerprint density at radius 2 is 1.94 bits per heavy atom. The zero-order valence-corrected chi connectivity index (χ0v) is 28.2. The second kappa shape index (κ2) is 15.1. The molecule has 0 saturated carbocycles. The second-order valence-electron chi connectivity index (χ2n) is 12.8. The molecule has 0 radical (unpaired) electrons. The topological polar surface area (TPSA) is 125 Å². The van der Waals surface area contributed by atoms with Gasteiger partial charge in [-0.2, -0.15) is 0 Å². The van der Waals surface area contributed by atoms with E-state index in [1.807, 2.05) is 43.3 Å². The van der Waals surface area contributed by atoms with Crippen molar-refractivity contribution in [3.8, 4) is 0 Å². The summed E-state index contributed by atoms with van der Waals surface area (Å²) in [4.78, 5) is 58.9. The molecule has 2 N–H and O–H groups in total. The number of halogens is 1. The first-order valence-electron chi connectivity index (χ1n) is 16.5. The standard InChI is InChI=1S/C37H44ClN3O7/c1-5-7-17-28(43)39-24(4)32(25-14-9-8-10-15-25)47-36(46)29-27-18-19-37(48-27)30(29)34(44)41(21-12-22-42)33(37)35(45)40(20-6-2)31-23(3)13-11-16-26(31)38/h5-6,8-11,13-16,24,27,29-30,32-33,42H,1-2,7,12,17-22H2,3-4H3,(H,39,43)/t24-,27+,29-,30-,32-,33+,37-/m0/s1. The molecule has 10 nitrogen and oxygen atoms in total. The number of para-hydroxylation sites is 1. The minimum atomic E-state index is -1.28. The van der Waals surface area contributed by atoms with Gasteiger partial charge in [-0.05, 0) is 56.7 Å². The first kappa shape index (κ1) is 35.3. The van der Waals surface area contributed by atoms with Crippen molar-refractivity contribution in [3.63, 3.8) is 0 Å². The van der Waals surface area contributed by atoms with Gasteiger partial charge in [0, 0.05) is 26.1 Å². The van der Waals surface area contributed by atoms with E-state index in [1.54, 1.807) is 31.2 Å². The fourth-order valence-electron chi connectivity index (χ4n) is 7.66. The fourth-order valence-corrected chi connectivity index (χ4v) is 7.98.